The van der Waals surface area contributed by atoms with Gasteiger partial charge in [0.05, 0.1) is 19.4 Å². The fraction of sp³-hybridized carbons (Fsp3) is 0.500. The van der Waals surface area contributed by atoms with Crippen molar-refractivity contribution in [1.82, 2.24) is 5.32 Å². The van der Waals surface area contributed by atoms with E-state index in [1.165, 1.54) is 0 Å². The van der Waals surface area contributed by atoms with E-state index in [1.54, 1.807) is 31.2 Å². The third kappa shape index (κ3) is 5.77. The topological polar surface area (TPSA) is 58.6 Å². The number of amides is 1. The SMILES string of the molecule is CCOC=CC(O)(CNC(=O)c1ccc(C(C)(C)C)cc1)C(F)(F)F. The fourth-order valence-electron chi connectivity index (χ4n) is 1.95. The van der Waals surface area contributed by atoms with Crippen molar-refractivity contribution < 1.29 is 27.8 Å². The van der Waals surface area contributed by atoms with Gasteiger partial charge < -0.3 is 15.2 Å². The Hall–Kier alpha value is -2.02. The number of hydrogen-bond donors (Lipinski definition) is 2. The summed E-state index contributed by atoms with van der Waals surface area (Å²) < 4.78 is 43.9. The lowest BCUT2D eigenvalue weighted by molar-refractivity contribution is -0.237. The van der Waals surface area contributed by atoms with Crippen molar-refractivity contribution in [2.75, 3.05) is 13.2 Å². The normalized spacial score (nSPS) is 15.0. The second kappa shape index (κ2) is 7.91. The molecule has 140 valence electrons. The summed E-state index contributed by atoms with van der Waals surface area (Å²) in [5, 5.41) is 11.9. The van der Waals surface area contributed by atoms with Gasteiger partial charge in [0.2, 0.25) is 0 Å². The molecule has 0 radical (unpaired) electrons. The number of nitrogens with one attached hydrogen (secondary N) is 1. The number of halogens is 3. The fourth-order valence-corrected chi connectivity index (χ4v) is 1.95. The molecular formula is C18H24F3NO3. The highest BCUT2D eigenvalue weighted by atomic mass is 19.4. The zero-order valence-corrected chi connectivity index (χ0v) is 14.8. The highest BCUT2D eigenvalue weighted by molar-refractivity contribution is 5.94. The minimum atomic E-state index is -4.95. The molecule has 1 aromatic rings. The molecule has 0 spiro atoms. The molecule has 0 aliphatic heterocycles. The Labute approximate surface area is 145 Å². The Morgan fingerprint density at radius 3 is 2.20 bits per heavy atom. The molecule has 25 heavy (non-hydrogen) atoms. The maximum atomic E-state index is 13.1. The van der Waals surface area contributed by atoms with E-state index in [1.807, 2.05) is 20.8 Å². The maximum Gasteiger partial charge on any atom is 0.422 e. The Bertz CT molecular complexity index is 603. The lowest BCUT2D eigenvalue weighted by atomic mass is 9.86. The summed E-state index contributed by atoms with van der Waals surface area (Å²) in [6, 6.07) is 6.58. The van der Waals surface area contributed by atoms with Crippen molar-refractivity contribution in [3.63, 3.8) is 0 Å². The number of alkyl halides is 3. The minimum absolute atomic E-state index is 0.102. The van der Waals surface area contributed by atoms with Crippen molar-refractivity contribution in [3.05, 3.63) is 47.7 Å². The molecule has 1 rings (SSSR count). The average Bonchev–Trinajstić information content (AvgIpc) is 2.51. The van der Waals surface area contributed by atoms with Crippen LogP contribution in [0.4, 0.5) is 13.2 Å². The van der Waals surface area contributed by atoms with Crippen LogP contribution in [0.1, 0.15) is 43.6 Å². The first kappa shape index (κ1) is 21.0. The monoisotopic (exact) mass is 359 g/mol. The van der Waals surface area contributed by atoms with Crippen LogP contribution < -0.4 is 5.32 Å². The van der Waals surface area contributed by atoms with Crippen LogP contribution in [0.5, 0.6) is 0 Å². The molecule has 7 heteroatoms. The summed E-state index contributed by atoms with van der Waals surface area (Å²) in [6.45, 7) is 6.78. The second-order valence-electron chi connectivity index (χ2n) is 6.69. The number of rotatable bonds is 6. The Morgan fingerprint density at radius 2 is 1.76 bits per heavy atom. The summed E-state index contributed by atoms with van der Waals surface area (Å²) in [4.78, 5) is 12.1. The number of hydrogen-bond acceptors (Lipinski definition) is 3. The molecule has 0 saturated heterocycles. The summed E-state index contributed by atoms with van der Waals surface area (Å²) in [5.74, 6) is -0.701. The van der Waals surface area contributed by atoms with Crippen LogP contribution in [0.15, 0.2) is 36.6 Å². The van der Waals surface area contributed by atoms with Crippen LogP contribution >= 0.6 is 0 Å². The molecule has 0 heterocycles. The smallest absolute Gasteiger partial charge is 0.422 e. The predicted octanol–water partition coefficient (Wildman–Crippen LogP) is 3.56. The first-order valence-electron chi connectivity index (χ1n) is 7.88. The van der Waals surface area contributed by atoms with Crippen LogP contribution in [0.3, 0.4) is 0 Å². The molecule has 0 aliphatic rings. The Morgan fingerprint density at radius 1 is 1.20 bits per heavy atom. The molecule has 1 amide bonds. The Kier molecular flexibility index (Phi) is 6.65. The number of ether oxygens (including phenoxy) is 1. The van der Waals surface area contributed by atoms with Gasteiger partial charge in [-0.2, -0.15) is 13.2 Å². The van der Waals surface area contributed by atoms with Crippen LogP contribution in [0.2, 0.25) is 0 Å². The van der Waals surface area contributed by atoms with Gasteiger partial charge in [0.1, 0.15) is 0 Å². The molecule has 2 N–H and O–H groups in total. The van der Waals surface area contributed by atoms with Gasteiger partial charge in [-0.05, 0) is 36.1 Å². The first-order chi connectivity index (χ1) is 11.4. The van der Waals surface area contributed by atoms with Crippen LogP contribution in [0.25, 0.3) is 0 Å². The standard InChI is InChI=1S/C18H24F3NO3/c1-5-25-11-10-17(24,18(19,20)21)12-22-15(23)13-6-8-14(9-7-13)16(2,3)4/h6-11,24H,5,12H2,1-4H3,(H,22,23). The molecule has 0 bridgehead atoms. The van der Waals surface area contributed by atoms with Crippen LogP contribution in [0, 0.1) is 0 Å². The van der Waals surface area contributed by atoms with Gasteiger partial charge in [0.15, 0.2) is 5.60 Å². The van der Waals surface area contributed by atoms with Gasteiger partial charge >= 0.3 is 6.18 Å². The van der Waals surface area contributed by atoms with E-state index in [0.717, 1.165) is 11.8 Å². The lowest BCUT2D eigenvalue weighted by Gasteiger charge is -2.27. The summed E-state index contributed by atoms with van der Waals surface area (Å²) in [7, 11) is 0. The molecular weight excluding hydrogens is 335 g/mol. The molecule has 0 aromatic heterocycles. The highest BCUT2D eigenvalue weighted by Gasteiger charge is 2.52. The van der Waals surface area contributed by atoms with E-state index in [9.17, 15) is 23.1 Å². The molecule has 1 atom stereocenters. The maximum absolute atomic E-state index is 13.1. The summed E-state index contributed by atoms with van der Waals surface area (Å²) in [5.41, 5.74) is -2.10. The third-order valence-corrected chi connectivity index (χ3v) is 3.63. The van der Waals surface area contributed by atoms with Crippen molar-refractivity contribution in [3.8, 4) is 0 Å². The van der Waals surface area contributed by atoms with Gasteiger partial charge in [-0.1, -0.05) is 32.9 Å². The number of carbonyl (C=O) groups is 1. The summed E-state index contributed by atoms with van der Waals surface area (Å²) >= 11 is 0. The number of aliphatic hydroxyl groups is 1. The second-order valence-corrected chi connectivity index (χ2v) is 6.69. The molecule has 0 aliphatic carbocycles. The lowest BCUT2D eigenvalue weighted by Crippen LogP contribution is -2.52. The van der Waals surface area contributed by atoms with Gasteiger partial charge in [-0.15, -0.1) is 0 Å². The van der Waals surface area contributed by atoms with E-state index >= 15 is 0 Å². The summed E-state index contributed by atoms with van der Waals surface area (Å²) in [6.07, 6.45) is -3.69. The van der Waals surface area contributed by atoms with Gasteiger partial charge in [-0.25, -0.2) is 0 Å². The van der Waals surface area contributed by atoms with Crippen molar-refractivity contribution in [2.24, 2.45) is 0 Å². The van der Waals surface area contributed by atoms with Crippen molar-refractivity contribution in [2.45, 2.75) is 44.9 Å². The zero-order valence-electron chi connectivity index (χ0n) is 14.8. The van der Waals surface area contributed by atoms with Crippen LogP contribution in [-0.2, 0) is 10.2 Å². The van der Waals surface area contributed by atoms with E-state index in [4.69, 9.17) is 4.74 Å². The highest BCUT2D eigenvalue weighted by Crippen LogP contribution is 2.31. The largest absolute Gasteiger partial charge is 0.502 e. The third-order valence-electron chi connectivity index (χ3n) is 3.63. The van der Waals surface area contributed by atoms with Gasteiger partial charge in [0.25, 0.3) is 5.91 Å². The number of carbonyl (C=O) groups excluding carboxylic acids is 1. The Balaban J connectivity index is 2.84. The van der Waals surface area contributed by atoms with E-state index in [-0.39, 0.29) is 17.6 Å². The zero-order chi connectivity index (χ0) is 19.3. The van der Waals surface area contributed by atoms with Crippen molar-refractivity contribution >= 4 is 5.91 Å². The molecule has 4 nitrogen and oxygen atoms in total. The molecule has 0 saturated carbocycles. The number of benzene rings is 1. The van der Waals surface area contributed by atoms with Crippen molar-refractivity contribution in [1.29, 1.82) is 0 Å². The van der Waals surface area contributed by atoms with Crippen LogP contribution in [-0.4, -0.2) is 35.9 Å². The van der Waals surface area contributed by atoms with Gasteiger partial charge in [0, 0.05) is 5.56 Å². The van der Waals surface area contributed by atoms with E-state index in [2.05, 4.69) is 5.32 Å². The predicted molar refractivity (Wildman–Crippen MR) is 89.2 cm³/mol. The first-order valence-corrected chi connectivity index (χ1v) is 7.88. The molecule has 0 fully saturated rings. The average molecular weight is 359 g/mol. The molecule has 1 unspecified atom stereocenters. The van der Waals surface area contributed by atoms with E-state index in [0.29, 0.717) is 6.08 Å². The minimum Gasteiger partial charge on any atom is -0.502 e. The molecule has 1 aromatic carbocycles. The van der Waals surface area contributed by atoms with E-state index < -0.39 is 24.2 Å². The quantitative estimate of drug-likeness (QED) is 0.764. The van der Waals surface area contributed by atoms with Gasteiger partial charge in [-0.3, -0.25) is 4.79 Å².